The van der Waals surface area contributed by atoms with Crippen LogP contribution in [-0.2, 0) is 14.3 Å². The average Bonchev–Trinajstić information content (AvgIpc) is 2.96. The number of esters is 1. The van der Waals surface area contributed by atoms with Crippen LogP contribution < -0.4 is 10.6 Å². The Kier molecular flexibility index (Phi) is 9.39. The fourth-order valence-electron chi connectivity index (χ4n) is 4.54. The van der Waals surface area contributed by atoms with E-state index in [1.165, 1.54) is 0 Å². The number of carbonyl (C=O) groups is 3. The summed E-state index contributed by atoms with van der Waals surface area (Å²) >= 11 is 6.42. The van der Waals surface area contributed by atoms with Crippen molar-refractivity contribution in [3.8, 4) is 0 Å². The Morgan fingerprint density at radius 1 is 1.00 bits per heavy atom. The molecule has 1 aliphatic rings. The summed E-state index contributed by atoms with van der Waals surface area (Å²) in [5.74, 6) is -0.897. The monoisotopic (exact) mass is 545 g/mol. The molecule has 0 spiro atoms. The van der Waals surface area contributed by atoms with Gasteiger partial charge in [0.1, 0.15) is 5.38 Å². The minimum atomic E-state index is -0.879. The number of rotatable bonds is 10. The molecular formula is C31H32ClN3O4. The second kappa shape index (κ2) is 13.1. The summed E-state index contributed by atoms with van der Waals surface area (Å²) in [6, 6.07) is 24.4. The lowest BCUT2D eigenvalue weighted by Crippen LogP contribution is -2.48. The lowest BCUT2D eigenvalue weighted by atomic mass is 9.91. The molecule has 2 atom stereocenters. The molecule has 0 aromatic heterocycles. The van der Waals surface area contributed by atoms with Gasteiger partial charge in [0.2, 0.25) is 5.91 Å². The number of nitrogens with one attached hydrogen (secondary N) is 2. The number of alkyl halides is 1. The molecule has 3 aromatic rings. The summed E-state index contributed by atoms with van der Waals surface area (Å²) in [6.45, 7) is 4.44. The minimum absolute atomic E-state index is 0.187. The van der Waals surface area contributed by atoms with E-state index in [9.17, 15) is 14.4 Å². The first-order chi connectivity index (χ1) is 18.9. The molecular weight excluding hydrogens is 514 g/mol. The average molecular weight is 546 g/mol. The zero-order valence-electron chi connectivity index (χ0n) is 22.0. The maximum Gasteiger partial charge on any atom is 0.338 e. The molecule has 1 aliphatic heterocycles. The molecule has 3 amide bonds. The first kappa shape index (κ1) is 27.9. The molecule has 0 radical (unpaired) electrons. The first-order valence-electron chi connectivity index (χ1n) is 13.1. The van der Waals surface area contributed by atoms with Crippen LogP contribution in [0, 0.1) is 0 Å². The number of nitrogens with zero attached hydrogens (tertiary/aromatic N) is 1. The van der Waals surface area contributed by atoms with E-state index < -0.39 is 17.4 Å². The molecule has 0 unspecified atom stereocenters. The lowest BCUT2D eigenvalue weighted by Gasteiger charge is -2.37. The molecule has 4 rings (SSSR count). The van der Waals surface area contributed by atoms with E-state index in [-0.39, 0.29) is 18.5 Å². The highest BCUT2D eigenvalue weighted by Crippen LogP contribution is 2.37. The van der Waals surface area contributed by atoms with Crippen molar-refractivity contribution in [2.24, 2.45) is 0 Å². The van der Waals surface area contributed by atoms with Gasteiger partial charge in [0.05, 0.1) is 23.9 Å². The Morgan fingerprint density at radius 2 is 1.69 bits per heavy atom. The summed E-state index contributed by atoms with van der Waals surface area (Å²) in [4.78, 5) is 41.4. The Bertz CT molecular complexity index is 1340. The van der Waals surface area contributed by atoms with E-state index >= 15 is 0 Å². The molecule has 7 nitrogen and oxygen atoms in total. The van der Waals surface area contributed by atoms with Crippen molar-refractivity contribution >= 4 is 40.9 Å². The molecule has 3 aromatic carbocycles. The molecule has 39 heavy (non-hydrogen) atoms. The molecule has 0 fully saturated rings. The maximum atomic E-state index is 13.5. The number of unbranched alkanes of at least 4 members (excludes halogenated alkanes) is 1. The minimum Gasteiger partial charge on any atom is -0.463 e. The molecule has 202 valence electrons. The third-order valence-electron chi connectivity index (χ3n) is 6.41. The third kappa shape index (κ3) is 6.49. The molecule has 0 bridgehead atoms. The fourth-order valence-corrected chi connectivity index (χ4v) is 4.74. The topological polar surface area (TPSA) is 87.7 Å². The molecule has 0 saturated heterocycles. The van der Waals surface area contributed by atoms with Crippen molar-refractivity contribution in [2.75, 3.05) is 18.5 Å². The molecule has 0 aliphatic carbocycles. The van der Waals surface area contributed by atoms with Crippen LogP contribution in [0.2, 0.25) is 0 Å². The molecule has 2 N–H and O–H groups in total. The Morgan fingerprint density at radius 3 is 2.36 bits per heavy atom. The van der Waals surface area contributed by atoms with Crippen LogP contribution >= 0.6 is 11.6 Å². The van der Waals surface area contributed by atoms with Crippen molar-refractivity contribution < 1.29 is 19.1 Å². The highest BCUT2D eigenvalue weighted by atomic mass is 35.5. The summed E-state index contributed by atoms with van der Waals surface area (Å²) in [5, 5.41) is 4.97. The second-order valence-electron chi connectivity index (χ2n) is 9.12. The fraction of sp³-hybridized carbons (Fsp3) is 0.258. The van der Waals surface area contributed by atoms with Crippen LogP contribution in [0.15, 0.2) is 90.5 Å². The smallest absolute Gasteiger partial charge is 0.338 e. The lowest BCUT2D eigenvalue weighted by molar-refractivity contribution is -0.139. The number of ether oxygens (including phenoxy) is 1. The van der Waals surface area contributed by atoms with Crippen LogP contribution in [0.1, 0.15) is 54.8 Å². The van der Waals surface area contributed by atoms with Gasteiger partial charge in [-0.25, -0.2) is 9.59 Å². The summed E-state index contributed by atoms with van der Waals surface area (Å²) in [7, 11) is 0. The Hall–Kier alpha value is -4.10. The van der Waals surface area contributed by atoms with Crippen LogP contribution in [-0.4, -0.2) is 36.0 Å². The first-order valence-corrected chi connectivity index (χ1v) is 13.5. The number of benzene rings is 3. The molecule has 8 heteroatoms. The van der Waals surface area contributed by atoms with Gasteiger partial charge in [-0.15, -0.1) is 11.6 Å². The van der Waals surface area contributed by atoms with Crippen LogP contribution in [0.5, 0.6) is 0 Å². The van der Waals surface area contributed by atoms with Gasteiger partial charge in [0.25, 0.3) is 0 Å². The molecule has 1 heterocycles. The zero-order valence-corrected chi connectivity index (χ0v) is 22.8. The van der Waals surface area contributed by atoms with Gasteiger partial charge in [-0.2, -0.15) is 0 Å². The Balaban J connectivity index is 1.75. The van der Waals surface area contributed by atoms with Crippen LogP contribution in [0.3, 0.4) is 0 Å². The van der Waals surface area contributed by atoms with Gasteiger partial charge in [0, 0.05) is 12.2 Å². The quantitative estimate of drug-likeness (QED) is 0.226. The SMILES string of the molecule is CCCCN1C(=O)N[C@@H](c2cccc(NC(=O)[C@@H](Cl)c3ccccc3)c2)C(C(=O)OCC)=C1c1ccccc1. The molecule has 0 saturated carbocycles. The van der Waals surface area contributed by atoms with Crippen molar-refractivity contribution in [3.63, 3.8) is 0 Å². The van der Waals surface area contributed by atoms with Crippen molar-refractivity contribution in [3.05, 3.63) is 107 Å². The maximum absolute atomic E-state index is 13.5. The summed E-state index contributed by atoms with van der Waals surface area (Å²) in [6.07, 6.45) is 1.66. The number of hydrogen-bond acceptors (Lipinski definition) is 4. The van der Waals surface area contributed by atoms with Crippen LogP contribution in [0.25, 0.3) is 5.70 Å². The Labute approximate surface area is 233 Å². The van der Waals surface area contributed by atoms with E-state index in [4.69, 9.17) is 16.3 Å². The number of halogens is 1. The second-order valence-corrected chi connectivity index (χ2v) is 9.56. The van der Waals surface area contributed by atoms with Gasteiger partial charge in [-0.3, -0.25) is 9.69 Å². The van der Waals surface area contributed by atoms with E-state index in [1.54, 1.807) is 48.2 Å². The summed E-state index contributed by atoms with van der Waals surface area (Å²) < 4.78 is 5.49. The van der Waals surface area contributed by atoms with Gasteiger partial charge in [-0.05, 0) is 42.2 Å². The van der Waals surface area contributed by atoms with E-state index in [0.29, 0.717) is 34.6 Å². The third-order valence-corrected chi connectivity index (χ3v) is 6.86. The zero-order chi connectivity index (χ0) is 27.8. The van der Waals surface area contributed by atoms with Crippen molar-refractivity contribution in [2.45, 2.75) is 38.1 Å². The van der Waals surface area contributed by atoms with E-state index in [0.717, 1.165) is 18.4 Å². The van der Waals surface area contributed by atoms with Gasteiger partial charge in [0.15, 0.2) is 0 Å². The predicted octanol–water partition coefficient (Wildman–Crippen LogP) is 6.45. The number of urea groups is 1. The van der Waals surface area contributed by atoms with Gasteiger partial charge < -0.3 is 15.4 Å². The number of carbonyl (C=O) groups excluding carboxylic acids is 3. The van der Waals surface area contributed by atoms with E-state index in [1.807, 2.05) is 55.5 Å². The largest absolute Gasteiger partial charge is 0.463 e. The highest BCUT2D eigenvalue weighted by Gasteiger charge is 2.38. The predicted molar refractivity (Wildman–Crippen MR) is 153 cm³/mol. The summed E-state index contributed by atoms with van der Waals surface area (Å²) in [5.41, 5.74) is 3.40. The number of amides is 3. The van der Waals surface area contributed by atoms with Gasteiger partial charge >= 0.3 is 12.0 Å². The van der Waals surface area contributed by atoms with Crippen molar-refractivity contribution in [1.29, 1.82) is 0 Å². The van der Waals surface area contributed by atoms with Gasteiger partial charge in [-0.1, -0.05) is 86.1 Å². The van der Waals surface area contributed by atoms with E-state index in [2.05, 4.69) is 10.6 Å². The van der Waals surface area contributed by atoms with Crippen molar-refractivity contribution in [1.82, 2.24) is 10.2 Å². The van der Waals surface area contributed by atoms with Crippen LogP contribution in [0.4, 0.5) is 10.5 Å². The normalized spacial score (nSPS) is 15.9. The standard InChI is InChI=1S/C31H32ClN3O4/c1-3-5-19-35-28(22-15-10-7-11-16-22)25(30(37)39-4-2)27(34-31(35)38)23-17-12-18-24(20-23)33-29(36)26(32)21-13-8-6-9-14-21/h6-18,20,26-27H,3-5,19H2,1-2H3,(H,33,36)(H,34,38)/t26-,27-/m0/s1. The highest BCUT2D eigenvalue weighted by molar-refractivity contribution is 6.32. The number of anilines is 1. The number of hydrogen-bond donors (Lipinski definition) is 2.